The number of Topliss-reactive ketones (excluding diaryl/α,β-unsaturated/α-hetero) is 2. The maximum Gasteiger partial charge on any atom is 0.193 e. The molecule has 1 aromatic carbocycles. The monoisotopic (exact) mass is 340 g/mol. The number of hydrogen-bond acceptors (Lipinski definition) is 4. The fourth-order valence-electron chi connectivity index (χ4n) is 3.55. The first-order chi connectivity index (χ1) is 12.0. The molecule has 5 nitrogen and oxygen atoms in total. The number of ether oxygens (including phenoxy) is 1. The second-order valence-corrected chi connectivity index (χ2v) is 6.61. The summed E-state index contributed by atoms with van der Waals surface area (Å²) in [5, 5.41) is 0. The third kappa shape index (κ3) is 3.72. The molecule has 1 saturated heterocycles. The lowest BCUT2D eigenvalue weighted by molar-refractivity contribution is -0.0275. The van der Waals surface area contributed by atoms with Crippen molar-refractivity contribution in [3.05, 3.63) is 58.4 Å². The maximum atomic E-state index is 12.7. The lowest BCUT2D eigenvalue weighted by atomic mass is 10.0. The molecule has 5 heteroatoms. The van der Waals surface area contributed by atoms with Crippen molar-refractivity contribution in [2.45, 2.75) is 26.9 Å². The van der Waals surface area contributed by atoms with E-state index in [4.69, 9.17) is 4.74 Å². The molecule has 1 aliphatic rings. The van der Waals surface area contributed by atoms with E-state index in [0.29, 0.717) is 31.0 Å². The Hall–Kier alpha value is -2.24. The second kappa shape index (κ2) is 7.33. The zero-order valence-corrected chi connectivity index (χ0v) is 15.0. The van der Waals surface area contributed by atoms with Gasteiger partial charge in [0.05, 0.1) is 24.9 Å². The highest BCUT2D eigenvalue weighted by atomic mass is 16.5. The topological polar surface area (TPSA) is 62.4 Å². The third-order valence-electron chi connectivity index (χ3n) is 4.76. The van der Waals surface area contributed by atoms with Crippen molar-refractivity contribution in [2.75, 3.05) is 26.2 Å². The van der Waals surface area contributed by atoms with Crippen LogP contribution < -0.4 is 0 Å². The van der Waals surface area contributed by atoms with Crippen LogP contribution in [-0.4, -0.2) is 47.7 Å². The van der Waals surface area contributed by atoms with E-state index in [9.17, 15) is 9.59 Å². The molecule has 25 heavy (non-hydrogen) atoms. The summed E-state index contributed by atoms with van der Waals surface area (Å²) < 4.78 is 5.85. The molecule has 1 unspecified atom stereocenters. The summed E-state index contributed by atoms with van der Waals surface area (Å²) in [4.78, 5) is 29.7. The van der Waals surface area contributed by atoms with Gasteiger partial charge >= 0.3 is 0 Å². The van der Waals surface area contributed by atoms with Crippen molar-refractivity contribution in [1.82, 2.24) is 9.88 Å². The van der Waals surface area contributed by atoms with Gasteiger partial charge in [0, 0.05) is 24.3 Å². The van der Waals surface area contributed by atoms with Crippen LogP contribution in [0.15, 0.2) is 30.3 Å². The number of carbonyl (C=O) groups excluding carboxylic acids is 2. The fourth-order valence-corrected chi connectivity index (χ4v) is 3.55. The van der Waals surface area contributed by atoms with Crippen LogP contribution in [0.3, 0.4) is 0 Å². The van der Waals surface area contributed by atoms with Crippen molar-refractivity contribution >= 4 is 11.6 Å². The van der Waals surface area contributed by atoms with Gasteiger partial charge in [0.25, 0.3) is 0 Å². The number of H-pyrrole nitrogens is 1. The summed E-state index contributed by atoms with van der Waals surface area (Å²) in [6.45, 7) is 7.55. The number of nitrogens with zero attached hydrogens (tertiary/aromatic N) is 1. The van der Waals surface area contributed by atoms with Gasteiger partial charge in [-0.05, 0) is 31.9 Å². The van der Waals surface area contributed by atoms with Crippen LogP contribution in [0.4, 0.5) is 0 Å². The normalized spacial score (nSPS) is 18.3. The highest BCUT2D eigenvalue weighted by Crippen LogP contribution is 2.23. The predicted molar refractivity (Wildman–Crippen MR) is 96.2 cm³/mol. The van der Waals surface area contributed by atoms with Crippen LogP contribution in [0, 0.1) is 13.8 Å². The molecule has 2 heterocycles. The fraction of sp³-hybridized carbons (Fsp3) is 0.400. The van der Waals surface area contributed by atoms with Gasteiger partial charge in [-0.1, -0.05) is 30.3 Å². The molecule has 0 spiro atoms. The molecular formula is C20H24N2O3. The number of benzene rings is 1. The summed E-state index contributed by atoms with van der Waals surface area (Å²) >= 11 is 0. The van der Waals surface area contributed by atoms with Gasteiger partial charge in [-0.15, -0.1) is 0 Å². The van der Waals surface area contributed by atoms with Gasteiger partial charge in [0.15, 0.2) is 11.6 Å². The number of morpholine rings is 1. The lowest BCUT2D eigenvalue weighted by Crippen LogP contribution is -2.41. The number of aryl methyl sites for hydroxylation is 1. The molecule has 1 aliphatic heterocycles. The second-order valence-electron chi connectivity index (χ2n) is 6.61. The van der Waals surface area contributed by atoms with Crippen LogP contribution in [0.25, 0.3) is 0 Å². The molecule has 0 saturated carbocycles. The van der Waals surface area contributed by atoms with E-state index in [1.807, 2.05) is 44.2 Å². The average Bonchev–Trinajstić information content (AvgIpc) is 2.90. The highest BCUT2D eigenvalue weighted by Gasteiger charge is 2.26. The third-order valence-corrected chi connectivity index (χ3v) is 4.76. The Labute approximate surface area is 148 Å². The molecule has 1 N–H and O–H groups in total. The Morgan fingerprint density at radius 2 is 1.96 bits per heavy atom. The Morgan fingerprint density at radius 3 is 2.60 bits per heavy atom. The van der Waals surface area contributed by atoms with Crippen molar-refractivity contribution in [3.8, 4) is 0 Å². The highest BCUT2D eigenvalue weighted by molar-refractivity contribution is 6.03. The number of rotatable bonds is 5. The first kappa shape index (κ1) is 17.6. The maximum absolute atomic E-state index is 12.7. The summed E-state index contributed by atoms with van der Waals surface area (Å²) in [5.41, 5.74) is 3.82. The van der Waals surface area contributed by atoms with Crippen LogP contribution in [0.2, 0.25) is 0 Å². The first-order valence-corrected chi connectivity index (χ1v) is 8.59. The first-order valence-electron chi connectivity index (χ1n) is 8.59. The zero-order chi connectivity index (χ0) is 18.0. The molecule has 0 bridgehead atoms. The molecule has 1 aromatic heterocycles. The van der Waals surface area contributed by atoms with Gasteiger partial charge in [-0.3, -0.25) is 14.5 Å². The van der Waals surface area contributed by atoms with E-state index in [-0.39, 0.29) is 17.7 Å². The Balaban J connectivity index is 1.71. The SMILES string of the molecule is CC(=O)c1c(C)[nH]c(C(=O)CN2CCOC(c3ccccc3)C2)c1C. The molecule has 132 valence electrons. The predicted octanol–water partition coefficient (Wildman–Crippen LogP) is 3.09. The minimum atomic E-state index is -0.0131. The van der Waals surface area contributed by atoms with Crippen LogP contribution in [-0.2, 0) is 4.74 Å². The summed E-state index contributed by atoms with van der Waals surface area (Å²) in [5.74, 6) is 0.00243. The molecule has 0 aliphatic carbocycles. The van der Waals surface area contributed by atoms with E-state index in [2.05, 4.69) is 9.88 Å². The Bertz CT molecular complexity index is 780. The van der Waals surface area contributed by atoms with E-state index >= 15 is 0 Å². The van der Waals surface area contributed by atoms with Crippen LogP contribution in [0.5, 0.6) is 0 Å². The van der Waals surface area contributed by atoms with E-state index < -0.39 is 0 Å². The van der Waals surface area contributed by atoms with Crippen molar-refractivity contribution in [1.29, 1.82) is 0 Å². The van der Waals surface area contributed by atoms with Gasteiger partial charge in [-0.25, -0.2) is 0 Å². The van der Waals surface area contributed by atoms with Crippen molar-refractivity contribution in [2.24, 2.45) is 0 Å². The quantitative estimate of drug-likeness (QED) is 0.850. The van der Waals surface area contributed by atoms with Gasteiger partial charge in [-0.2, -0.15) is 0 Å². The van der Waals surface area contributed by atoms with E-state index in [0.717, 1.165) is 23.4 Å². The summed E-state index contributed by atoms with van der Waals surface area (Å²) in [6.07, 6.45) is -0.0120. The molecule has 3 rings (SSSR count). The molecule has 0 amide bonds. The summed E-state index contributed by atoms with van der Waals surface area (Å²) in [7, 11) is 0. The van der Waals surface area contributed by atoms with Crippen molar-refractivity contribution < 1.29 is 14.3 Å². The minimum absolute atomic E-state index is 0.0120. The standard InChI is InChI=1S/C20H24N2O3/c1-13-19(15(3)23)14(2)21-20(13)17(24)11-22-9-10-25-18(12-22)16-7-5-4-6-8-16/h4-8,18,21H,9-12H2,1-3H3. The number of aromatic amines is 1. The lowest BCUT2D eigenvalue weighted by Gasteiger charge is -2.32. The Kier molecular flexibility index (Phi) is 5.16. The molecule has 0 radical (unpaired) electrons. The van der Waals surface area contributed by atoms with Gasteiger partial charge in [0.1, 0.15) is 0 Å². The largest absolute Gasteiger partial charge is 0.371 e. The molecule has 1 atom stereocenters. The van der Waals surface area contributed by atoms with Gasteiger partial charge < -0.3 is 9.72 Å². The van der Waals surface area contributed by atoms with E-state index in [1.54, 1.807) is 0 Å². The minimum Gasteiger partial charge on any atom is -0.371 e. The Morgan fingerprint density at radius 1 is 1.24 bits per heavy atom. The number of hydrogen-bond donors (Lipinski definition) is 1. The number of carbonyl (C=O) groups is 2. The smallest absolute Gasteiger partial charge is 0.193 e. The molecular weight excluding hydrogens is 316 g/mol. The number of nitrogens with one attached hydrogen (secondary N) is 1. The van der Waals surface area contributed by atoms with Gasteiger partial charge in [0.2, 0.25) is 0 Å². The molecule has 1 fully saturated rings. The zero-order valence-electron chi connectivity index (χ0n) is 15.0. The average molecular weight is 340 g/mol. The number of aromatic nitrogens is 1. The van der Waals surface area contributed by atoms with E-state index in [1.165, 1.54) is 6.92 Å². The summed E-state index contributed by atoms with van der Waals surface area (Å²) in [6, 6.07) is 10.1. The molecule has 2 aromatic rings. The van der Waals surface area contributed by atoms with Crippen LogP contribution >= 0.6 is 0 Å². The van der Waals surface area contributed by atoms with Crippen LogP contribution in [0.1, 0.15) is 50.7 Å². The number of ketones is 2. The van der Waals surface area contributed by atoms with Crippen molar-refractivity contribution in [3.63, 3.8) is 0 Å².